The van der Waals surface area contributed by atoms with Crippen molar-refractivity contribution in [3.05, 3.63) is 71.8 Å². The average Bonchev–Trinajstić information content (AvgIpc) is 2.72. The minimum absolute atomic E-state index is 0.171. The topological polar surface area (TPSA) is 29.5 Å². The second-order valence-corrected chi connectivity index (χ2v) is 6.65. The smallest absolute Gasteiger partial charge is 0.162 e. The molecular weight excluding hydrogens is 322 g/mol. The highest BCUT2D eigenvalue weighted by atomic mass is 16.5. The summed E-state index contributed by atoms with van der Waals surface area (Å²) in [5, 5.41) is 0. The van der Waals surface area contributed by atoms with Gasteiger partial charge in [-0.15, -0.1) is 0 Å². The summed E-state index contributed by atoms with van der Waals surface area (Å²) in [6, 6.07) is 18.1. The quantitative estimate of drug-likeness (QED) is 0.505. The molecule has 3 heteroatoms. The zero-order valence-electron chi connectivity index (χ0n) is 15.5. The molecule has 0 N–H and O–H groups in total. The summed E-state index contributed by atoms with van der Waals surface area (Å²) in [4.78, 5) is 14.1. The molecule has 2 aromatic rings. The molecule has 0 atom stereocenters. The summed E-state index contributed by atoms with van der Waals surface area (Å²) >= 11 is 0. The first-order valence-electron chi connectivity index (χ1n) is 9.49. The Morgan fingerprint density at radius 2 is 1.85 bits per heavy atom. The Kier molecular flexibility index (Phi) is 6.62. The third-order valence-electron chi connectivity index (χ3n) is 4.82. The normalized spacial score (nSPS) is 14.7. The summed E-state index contributed by atoms with van der Waals surface area (Å²) in [5.41, 5.74) is 3.56. The first-order chi connectivity index (χ1) is 12.8. The number of ketones is 1. The van der Waals surface area contributed by atoms with Crippen LogP contribution in [0.4, 0.5) is 0 Å². The van der Waals surface area contributed by atoms with Gasteiger partial charge in [-0.25, -0.2) is 0 Å². The lowest BCUT2D eigenvalue weighted by Crippen LogP contribution is -2.30. The standard InChI is InChI=1S/C23H27NO2/c1-2-23(25)21-9-11-22(12-10-21)26-18-6-15-24-16-13-20(14-17-24)19-7-4-3-5-8-19/h3-5,7-13H,2,6,14-18H2,1H3. The number of carbonyl (C=O) groups excluding carboxylic acids is 1. The van der Waals surface area contributed by atoms with Crippen LogP contribution in [-0.4, -0.2) is 36.9 Å². The predicted octanol–water partition coefficient (Wildman–Crippen LogP) is 4.84. The van der Waals surface area contributed by atoms with Gasteiger partial charge in [-0.05, 0) is 48.2 Å². The van der Waals surface area contributed by atoms with Crippen LogP contribution in [0.1, 0.15) is 42.1 Å². The molecule has 0 saturated heterocycles. The van der Waals surface area contributed by atoms with Crippen LogP contribution >= 0.6 is 0 Å². The molecule has 0 aliphatic carbocycles. The van der Waals surface area contributed by atoms with Gasteiger partial charge >= 0.3 is 0 Å². The van der Waals surface area contributed by atoms with Gasteiger partial charge in [-0.1, -0.05) is 43.3 Å². The number of hydrogen-bond acceptors (Lipinski definition) is 3. The third-order valence-corrected chi connectivity index (χ3v) is 4.82. The van der Waals surface area contributed by atoms with E-state index in [-0.39, 0.29) is 5.78 Å². The van der Waals surface area contributed by atoms with Crippen molar-refractivity contribution in [2.24, 2.45) is 0 Å². The van der Waals surface area contributed by atoms with Crippen molar-refractivity contribution in [1.29, 1.82) is 0 Å². The van der Waals surface area contributed by atoms with E-state index < -0.39 is 0 Å². The van der Waals surface area contributed by atoms with Crippen LogP contribution in [0.5, 0.6) is 5.75 Å². The Bertz CT molecular complexity index is 735. The zero-order valence-corrected chi connectivity index (χ0v) is 15.5. The van der Waals surface area contributed by atoms with Gasteiger partial charge in [0.25, 0.3) is 0 Å². The molecule has 0 saturated carbocycles. The second kappa shape index (κ2) is 9.35. The van der Waals surface area contributed by atoms with Crippen LogP contribution in [0.25, 0.3) is 5.57 Å². The van der Waals surface area contributed by atoms with E-state index in [1.165, 1.54) is 11.1 Å². The van der Waals surface area contributed by atoms with Gasteiger partial charge in [0.2, 0.25) is 0 Å². The molecule has 26 heavy (non-hydrogen) atoms. The number of nitrogens with zero attached hydrogens (tertiary/aromatic N) is 1. The van der Waals surface area contributed by atoms with E-state index in [9.17, 15) is 4.79 Å². The molecule has 136 valence electrons. The molecule has 0 bridgehead atoms. The van der Waals surface area contributed by atoms with Crippen LogP contribution < -0.4 is 4.74 Å². The average molecular weight is 349 g/mol. The van der Waals surface area contributed by atoms with Crippen LogP contribution in [0.2, 0.25) is 0 Å². The van der Waals surface area contributed by atoms with E-state index in [0.29, 0.717) is 13.0 Å². The largest absolute Gasteiger partial charge is 0.494 e. The lowest BCUT2D eigenvalue weighted by Gasteiger charge is -2.26. The highest BCUT2D eigenvalue weighted by Gasteiger charge is 2.12. The van der Waals surface area contributed by atoms with Gasteiger partial charge in [-0.3, -0.25) is 9.69 Å². The van der Waals surface area contributed by atoms with Gasteiger partial charge in [0.15, 0.2) is 5.78 Å². The summed E-state index contributed by atoms with van der Waals surface area (Å²) in [5.74, 6) is 1.01. The van der Waals surface area contributed by atoms with Crippen LogP contribution in [0.15, 0.2) is 60.7 Å². The maximum absolute atomic E-state index is 11.6. The number of carbonyl (C=O) groups is 1. The van der Waals surface area contributed by atoms with E-state index in [4.69, 9.17) is 4.74 Å². The molecule has 0 amide bonds. The fourth-order valence-electron chi connectivity index (χ4n) is 3.25. The van der Waals surface area contributed by atoms with Crippen molar-refractivity contribution in [2.75, 3.05) is 26.2 Å². The van der Waals surface area contributed by atoms with E-state index in [0.717, 1.165) is 43.8 Å². The maximum Gasteiger partial charge on any atom is 0.162 e. The molecule has 3 nitrogen and oxygen atoms in total. The maximum atomic E-state index is 11.6. The van der Waals surface area contributed by atoms with Crippen LogP contribution in [0, 0.1) is 0 Å². The summed E-state index contributed by atoms with van der Waals surface area (Å²) in [6.07, 6.45) is 5.00. The summed E-state index contributed by atoms with van der Waals surface area (Å²) in [6.45, 7) is 5.75. The second-order valence-electron chi connectivity index (χ2n) is 6.65. The van der Waals surface area contributed by atoms with Gasteiger partial charge in [0.05, 0.1) is 6.61 Å². The van der Waals surface area contributed by atoms with E-state index in [1.807, 2.05) is 31.2 Å². The van der Waals surface area contributed by atoms with Crippen molar-refractivity contribution in [3.63, 3.8) is 0 Å². The Hall–Kier alpha value is -2.39. The minimum atomic E-state index is 0.171. The Morgan fingerprint density at radius 1 is 1.08 bits per heavy atom. The number of benzene rings is 2. The van der Waals surface area contributed by atoms with Gasteiger partial charge in [0, 0.05) is 31.6 Å². The highest BCUT2D eigenvalue weighted by Crippen LogP contribution is 2.22. The molecule has 2 aromatic carbocycles. The summed E-state index contributed by atoms with van der Waals surface area (Å²) in [7, 11) is 0. The Morgan fingerprint density at radius 3 is 2.50 bits per heavy atom. The summed E-state index contributed by atoms with van der Waals surface area (Å²) < 4.78 is 5.80. The molecule has 0 fully saturated rings. The lowest BCUT2D eigenvalue weighted by atomic mass is 9.99. The molecule has 1 heterocycles. The van der Waals surface area contributed by atoms with Gasteiger partial charge in [0.1, 0.15) is 5.75 Å². The number of Topliss-reactive ketones (excluding diaryl/α,β-unsaturated/α-hetero) is 1. The monoisotopic (exact) mass is 349 g/mol. The Labute approximate surface area is 156 Å². The Balaban J connectivity index is 1.38. The SMILES string of the molecule is CCC(=O)c1ccc(OCCCN2CC=C(c3ccccc3)CC2)cc1. The minimum Gasteiger partial charge on any atom is -0.494 e. The highest BCUT2D eigenvalue weighted by molar-refractivity contribution is 5.95. The number of ether oxygens (including phenoxy) is 1. The van der Waals surface area contributed by atoms with Crippen molar-refractivity contribution in [3.8, 4) is 5.75 Å². The lowest BCUT2D eigenvalue weighted by molar-refractivity contribution is 0.0988. The van der Waals surface area contributed by atoms with E-state index in [2.05, 4.69) is 41.3 Å². The predicted molar refractivity (Wildman–Crippen MR) is 107 cm³/mol. The first kappa shape index (κ1) is 18.4. The fraction of sp³-hybridized carbons (Fsp3) is 0.348. The molecule has 0 unspecified atom stereocenters. The van der Waals surface area contributed by atoms with E-state index in [1.54, 1.807) is 0 Å². The van der Waals surface area contributed by atoms with Gasteiger partial charge in [-0.2, -0.15) is 0 Å². The number of rotatable bonds is 8. The van der Waals surface area contributed by atoms with Crippen molar-refractivity contribution in [1.82, 2.24) is 4.90 Å². The van der Waals surface area contributed by atoms with Crippen molar-refractivity contribution < 1.29 is 9.53 Å². The van der Waals surface area contributed by atoms with Gasteiger partial charge < -0.3 is 4.74 Å². The molecular formula is C23H27NO2. The van der Waals surface area contributed by atoms with E-state index >= 15 is 0 Å². The molecule has 0 aromatic heterocycles. The first-order valence-corrected chi connectivity index (χ1v) is 9.49. The van der Waals surface area contributed by atoms with Crippen molar-refractivity contribution in [2.45, 2.75) is 26.2 Å². The number of hydrogen-bond donors (Lipinski definition) is 0. The van der Waals surface area contributed by atoms with Crippen molar-refractivity contribution >= 4 is 11.4 Å². The molecule has 1 aliphatic rings. The molecule has 0 radical (unpaired) electrons. The fourth-order valence-corrected chi connectivity index (χ4v) is 3.25. The van der Waals surface area contributed by atoms with Crippen LogP contribution in [-0.2, 0) is 0 Å². The molecule has 3 rings (SSSR count). The molecule has 0 spiro atoms. The third kappa shape index (κ3) is 5.06. The molecule has 1 aliphatic heterocycles. The zero-order chi connectivity index (χ0) is 18.2. The van der Waals surface area contributed by atoms with Crippen LogP contribution in [0.3, 0.4) is 0 Å².